The first-order chi connectivity index (χ1) is 17.9. The summed E-state index contributed by atoms with van der Waals surface area (Å²) in [6.45, 7) is 6.34. The molecule has 1 fully saturated rings. The lowest BCUT2D eigenvalue weighted by Gasteiger charge is -2.27. The monoisotopic (exact) mass is 507 g/mol. The molecule has 2 aromatic heterocycles. The Hall–Kier alpha value is -3.46. The number of halogens is 1. The molecule has 1 saturated heterocycles. The normalized spacial score (nSPS) is 18.6. The topological polar surface area (TPSA) is 72.6 Å². The zero-order valence-electron chi connectivity index (χ0n) is 21.7. The summed E-state index contributed by atoms with van der Waals surface area (Å²) in [6.07, 6.45) is 12.1. The fourth-order valence-electron chi connectivity index (χ4n) is 5.52. The average molecular weight is 508 g/mol. The third kappa shape index (κ3) is 4.68. The van der Waals surface area contributed by atoms with Crippen molar-refractivity contribution in [2.75, 3.05) is 39.8 Å². The van der Waals surface area contributed by atoms with Gasteiger partial charge in [-0.05, 0) is 69.7 Å². The van der Waals surface area contributed by atoms with Crippen molar-refractivity contribution in [3.63, 3.8) is 0 Å². The number of aryl methyl sites for hydroxylation is 1. The lowest BCUT2D eigenvalue weighted by atomic mass is 9.99. The van der Waals surface area contributed by atoms with Crippen molar-refractivity contribution >= 4 is 33.8 Å². The molecule has 0 unspecified atom stereocenters. The zero-order valence-corrected chi connectivity index (χ0v) is 21.7. The Kier molecular flexibility index (Phi) is 7.15. The summed E-state index contributed by atoms with van der Waals surface area (Å²) >= 11 is 0. The van der Waals surface area contributed by atoms with E-state index in [9.17, 15) is 9.59 Å². The molecule has 0 N–H and O–H groups in total. The number of rotatable bonds is 8. The third-order valence-electron chi connectivity index (χ3n) is 7.50. The molecule has 37 heavy (non-hydrogen) atoms. The number of nitrogens with zero attached hydrogens (tertiary/aromatic N) is 5. The predicted octanol–water partition coefficient (Wildman–Crippen LogP) is 3.88. The molecule has 2 aliphatic rings. The first kappa shape index (κ1) is 25.2. The zero-order chi connectivity index (χ0) is 26.1. The largest absolute Gasteiger partial charge is 0.490 e. The summed E-state index contributed by atoms with van der Waals surface area (Å²) < 4.78 is 25.0. The van der Waals surface area contributed by atoms with Crippen molar-refractivity contribution in [2.24, 2.45) is 7.05 Å². The SMILES string of the molecule is C[C@H]1COc2c(C(/C=C\N(C)CCCN3CCCCC3)=C/C=O)c(F)cc3ncc4c(c23)n1c(=O)n4C. The lowest BCUT2D eigenvalue weighted by molar-refractivity contribution is -0.104. The molecule has 0 spiro atoms. The second-order valence-electron chi connectivity index (χ2n) is 10.1. The molecule has 9 heteroatoms. The Morgan fingerprint density at radius 1 is 1.30 bits per heavy atom. The molecule has 0 amide bonds. The summed E-state index contributed by atoms with van der Waals surface area (Å²) in [5, 5.41) is 0.580. The van der Waals surface area contributed by atoms with E-state index in [1.54, 1.807) is 28.5 Å². The number of piperidine rings is 1. The van der Waals surface area contributed by atoms with E-state index in [4.69, 9.17) is 4.74 Å². The van der Waals surface area contributed by atoms with Gasteiger partial charge in [-0.3, -0.25) is 18.9 Å². The van der Waals surface area contributed by atoms with Crippen LogP contribution in [0.1, 0.15) is 44.2 Å². The molecule has 0 radical (unpaired) electrons. The van der Waals surface area contributed by atoms with Crippen LogP contribution in [0.4, 0.5) is 4.39 Å². The van der Waals surface area contributed by atoms with Crippen LogP contribution in [-0.2, 0) is 11.8 Å². The quantitative estimate of drug-likeness (QED) is 0.262. The molecule has 5 rings (SSSR count). The maximum absolute atomic E-state index is 15.6. The number of hydrogen-bond donors (Lipinski definition) is 0. The van der Waals surface area contributed by atoms with E-state index in [2.05, 4.69) is 14.8 Å². The van der Waals surface area contributed by atoms with Gasteiger partial charge >= 0.3 is 5.69 Å². The number of likely N-dealkylation sites (tertiary alicyclic amines) is 1. The van der Waals surface area contributed by atoms with Crippen LogP contribution in [0.25, 0.3) is 27.5 Å². The lowest BCUT2D eigenvalue weighted by Crippen LogP contribution is -2.32. The van der Waals surface area contributed by atoms with Gasteiger partial charge in [0, 0.05) is 26.7 Å². The van der Waals surface area contributed by atoms with E-state index < -0.39 is 5.82 Å². The maximum Gasteiger partial charge on any atom is 0.329 e. The first-order valence-corrected chi connectivity index (χ1v) is 13.0. The van der Waals surface area contributed by atoms with Gasteiger partial charge in [0.1, 0.15) is 24.5 Å². The molecule has 0 aliphatic carbocycles. The molecule has 1 atom stereocenters. The van der Waals surface area contributed by atoms with Crippen molar-refractivity contribution in [3.05, 3.63) is 52.5 Å². The molecule has 1 aromatic carbocycles. The van der Waals surface area contributed by atoms with Crippen molar-refractivity contribution in [1.82, 2.24) is 23.9 Å². The highest BCUT2D eigenvalue weighted by Gasteiger charge is 2.28. The fourth-order valence-corrected chi connectivity index (χ4v) is 5.52. The molecule has 8 nitrogen and oxygen atoms in total. The van der Waals surface area contributed by atoms with Crippen LogP contribution in [0.5, 0.6) is 5.75 Å². The minimum absolute atomic E-state index is 0.172. The van der Waals surface area contributed by atoms with Gasteiger partial charge in [0.05, 0.1) is 39.7 Å². The Morgan fingerprint density at radius 3 is 2.84 bits per heavy atom. The van der Waals surface area contributed by atoms with Crippen LogP contribution < -0.4 is 10.4 Å². The van der Waals surface area contributed by atoms with Gasteiger partial charge < -0.3 is 14.5 Å². The van der Waals surface area contributed by atoms with Gasteiger partial charge in [-0.2, -0.15) is 0 Å². The first-order valence-electron chi connectivity index (χ1n) is 13.0. The van der Waals surface area contributed by atoms with Crippen LogP contribution in [0.15, 0.2) is 35.4 Å². The van der Waals surface area contributed by atoms with Gasteiger partial charge in [0.15, 0.2) is 0 Å². The van der Waals surface area contributed by atoms with Crippen LogP contribution in [0, 0.1) is 5.82 Å². The highest BCUT2D eigenvalue weighted by atomic mass is 19.1. The van der Waals surface area contributed by atoms with Crippen LogP contribution in [0.2, 0.25) is 0 Å². The number of carbonyl (C=O) groups is 1. The third-order valence-corrected chi connectivity index (χ3v) is 7.50. The van der Waals surface area contributed by atoms with Crippen molar-refractivity contribution < 1.29 is 13.9 Å². The number of allylic oxidation sites excluding steroid dienone is 3. The molecular formula is C28H34FN5O3. The number of pyridine rings is 1. The number of hydrogen-bond acceptors (Lipinski definition) is 6. The highest BCUT2D eigenvalue weighted by molar-refractivity contribution is 6.09. The summed E-state index contributed by atoms with van der Waals surface area (Å²) in [5.74, 6) is -0.221. The standard InChI is InChI=1S/C28H34FN5O3/c1-19-18-37-27-24(20(9-15-35)8-14-31(2)10-7-13-33-11-5-4-6-12-33)21(29)16-22-25(27)26-23(17-30-22)32(3)28(36)34(19)26/h8-9,14-17,19H,4-7,10-13,18H2,1-3H3/b14-8-,20-9+/t19-/m0/s1. The maximum atomic E-state index is 15.6. The summed E-state index contributed by atoms with van der Waals surface area (Å²) in [7, 11) is 3.68. The van der Waals surface area contributed by atoms with Gasteiger partial charge in [-0.15, -0.1) is 0 Å². The van der Waals surface area contributed by atoms with Gasteiger partial charge in [0.2, 0.25) is 0 Å². The van der Waals surface area contributed by atoms with Crippen molar-refractivity contribution in [1.29, 1.82) is 0 Å². The van der Waals surface area contributed by atoms with E-state index >= 15 is 4.39 Å². The van der Waals surface area contributed by atoms with Crippen molar-refractivity contribution in [3.8, 4) is 5.75 Å². The van der Waals surface area contributed by atoms with Crippen LogP contribution in [-0.4, -0.2) is 70.0 Å². The summed E-state index contributed by atoms with van der Waals surface area (Å²) in [4.78, 5) is 33.6. The van der Waals surface area contributed by atoms with Crippen molar-refractivity contribution in [2.45, 2.75) is 38.6 Å². The predicted molar refractivity (Wildman–Crippen MR) is 143 cm³/mol. The van der Waals surface area contributed by atoms with Gasteiger partial charge in [0.25, 0.3) is 0 Å². The number of ether oxygens (including phenoxy) is 1. The molecular weight excluding hydrogens is 473 g/mol. The summed E-state index contributed by atoms with van der Waals surface area (Å²) in [5.41, 5.74) is 2.16. The smallest absolute Gasteiger partial charge is 0.329 e. The van der Waals surface area contributed by atoms with E-state index in [0.29, 0.717) is 39.5 Å². The molecule has 196 valence electrons. The van der Waals surface area contributed by atoms with Gasteiger partial charge in [-0.25, -0.2) is 9.18 Å². The minimum atomic E-state index is -0.528. The van der Waals surface area contributed by atoms with Crippen LogP contribution in [0.3, 0.4) is 0 Å². The molecule has 3 aromatic rings. The Bertz CT molecular complexity index is 1450. The second-order valence-corrected chi connectivity index (χ2v) is 10.1. The van der Waals surface area contributed by atoms with E-state index in [1.165, 1.54) is 44.5 Å². The molecule has 2 aliphatic heterocycles. The fraction of sp³-hybridized carbons (Fsp3) is 0.464. The molecule has 0 saturated carbocycles. The molecule has 4 heterocycles. The second kappa shape index (κ2) is 10.5. The van der Waals surface area contributed by atoms with Gasteiger partial charge in [-0.1, -0.05) is 6.42 Å². The highest BCUT2D eigenvalue weighted by Crippen LogP contribution is 2.42. The number of aromatic nitrogens is 3. The average Bonchev–Trinajstić information content (AvgIpc) is 3.04. The Labute approximate surface area is 215 Å². The van der Waals surface area contributed by atoms with E-state index in [1.807, 2.05) is 20.2 Å². The number of benzene rings is 1. The van der Waals surface area contributed by atoms with E-state index in [-0.39, 0.29) is 23.9 Å². The number of carbonyl (C=O) groups excluding carboxylic acids is 1. The minimum Gasteiger partial charge on any atom is -0.490 e. The number of aldehydes is 1. The van der Waals surface area contributed by atoms with Crippen LogP contribution >= 0.6 is 0 Å². The molecule has 0 bridgehead atoms. The number of imidazole rings is 1. The van der Waals surface area contributed by atoms with E-state index in [0.717, 1.165) is 19.5 Å². The summed E-state index contributed by atoms with van der Waals surface area (Å²) in [6, 6.07) is 1.09. The Morgan fingerprint density at radius 2 is 2.08 bits per heavy atom. The Balaban J connectivity index is 1.50.